The monoisotopic (exact) mass is 417 g/mol. The van der Waals surface area contributed by atoms with Gasteiger partial charge in [0.05, 0.1) is 23.5 Å². The number of benzene rings is 2. The van der Waals surface area contributed by atoms with Crippen molar-refractivity contribution in [3.8, 4) is 11.1 Å². The standard InChI is InChI=1S/C24H27N5O2/c1-15(25-2)23-20-8-7-16(18-13-27-29(3)14-18)12-21(20)22(9-10-26-23)28-19-6-4-5-17(11-19)24(30)31/h4-8,11-14,22,25-26,28H,9-10H2,1-3H3,(H,30,31)/b23-15-. The third-order valence-electron chi connectivity index (χ3n) is 5.67. The second-order valence-corrected chi connectivity index (χ2v) is 7.75. The maximum Gasteiger partial charge on any atom is 0.335 e. The number of aromatic carboxylic acids is 1. The van der Waals surface area contributed by atoms with Gasteiger partial charge in [0.15, 0.2) is 0 Å². The summed E-state index contributed by atoms with van der Waals surface area (Å²) >= 11 is 0. The summed E-state index contributed by atoms with van der Waals surface area (Å²) in [6.07, 6.45) is 4.72. The number of rotatable bonds is 5. The molecule has 0 aliphatic carbocycles. The van der Waals surface area contributed by atoms with Gasteiger partial charge in [-0.25, -0.2) is 4.79 Å². The molecule has 2 aromatic carbocycles. The number of carboxylic acid groups (broad SMARTS) is 1. The smallest absolute Gasteiger partial charge is 0.335 e. The lowest BCUT2D eigenvalue weighted by Crippen LogP contribution is -2.18. The Morgan fingerprint density at radius 1 is 1.23 bits per heavy atom. The number of anilines is 1. The molecule has 0 saturated heterocycles. The summed E-state index contributed by atoms with van der Waals surface area (Å²) in [6, 6.07) is 13.5. The lowest BCUT2D eigenvalue weighted by Gasteiger charge is -2.22. The fourth-order valence-corrected chi connectivity index (χ4v) is 3.97. The van der Waals surface area contributed by atoms with Crippen LogP contribution in [0.4, 0.5) is 5.69 Å². The third kappa shape index (κ3) is 4.26. The van der Waals surface area contributed by atoms with Crippen molar-refractivity contribution in [3.63, 3.8) is 0 Å². The molecule has 0 fully saturated rings. The predicted octanol–water partition coefficient (Wildman–Crippen LogP) is 3.84. The SMILES string of the molecule is CN/C(C)=C1\NCCC(Nc2cccc(C(=O)O)c2)c2cc(-c3cnn(C)c3)ccc21. The van der Waals surface area contributed by atoms with E-state index in [4.69, 9.17) is 0 Å². The zero-order chi connectivity index (χ0) is 22.0. The average Bonchev–Trinajstić information content (AvgIpc) is 3.13. The van der Waals surface area contributed by atoms with Crippen molar-refractivity contribution in [2.24, 2.45) is 7.05 Å². The Hall–Kier alpha value is -3.74. The van der Waals surface area contributed by atoms with Gasteiger partial charge in [-0.3, -0.25) is 4.68 Å². The van der Waals surface area contributed by atoms with Gasteiger partial charge >= 0.3 is 5.97 Å². The van der Waals surface area contributed by atoms with Crippen LogP contribution in [0.25, 0.3) is 16.8 Å². The van der Waals surface area contributed by atoms with Crippen LogP contribution in [0, 0.1) is 0 Å². The summed E-state index contributed by atoms with van der Waals surface area (Å²) in [5, 5.41) is 24.0. The topological polar surface area (TPSA) is 91.2 Å². The van der Waals surface area contributed by atoms with Gasteiger partial charge in [-0.05, 0) is 48.7 Å². The first-order valence-electron chi connectivity index (χ1n) is 10.3. The second kappa shape index (κ2) is 8.55. The zero-order valence-electron chi connectivity index (χ0n) is 17.9. The second-order valence-electron chi connectivity index (χ2n) is 7.75. The number of carboxylic acids is 1. The van der Waals surface area contributed by atoms with Crippen LogP contribution in [0.15, 0.2) is 60.6 Å². The molecule has 31 heavy (non-hydrogen) atoms. The number of aromatic nitrogens is 2. The molecule has 3 aromatic rings. The largest absolute Gasteiger partial charge is 0.478 e. The maximum atomic E-state index is 11.4. The minimum absolute atomic E-state index is 0.0188. The number of nitrogens with one attached hydrogen (secondary N) is 3. The zero-order valence-corrected chi connectivity index (χ0v) is 17.9. The van der Waals surface area contributed by atoms with Crippen LogP contribution in [0.2, 0.25) is 0 Å². The summed E-state index contributed by atoms with van der Waals surface area (Å²) in [7, 11) is 3.83. The summed E-state index contributed by atoms with van der Waals surface area (Å²) in [6.45, 7) is 2.85. The number of allylic oxidation sites excluding steroid dienone is 1. The van der Waals surface area contributed by atoms with Crippen molar-refractivity contribution < 1.29 is 9.90 Å². The molecule has 0 bridgehead atoms. The number of fused-ring (bicyclic) bond motifs is 1. The molecular formula is C24H27N5O2. The lowest BCUT2D eigenvalue weighted by atomic mass is 9.93. The van der Waals surface area contributed by atoms with Crippen molar-refractivity contribution >= 4 is 17.4 Å². The van der Waals surface area contributed by atoms with Gasteiger partial charge in [0, 0.05) is 49.3 Å². The van der Waals surface area contributed by atoms with Gasteiger partial charge in [-0.15, -0.1) is 0 Å². The average molecular weight is 418 g/mol. The van der Waals surface area contributed by atoms with Crippen molar-refractivity contribution in [1.29, 1.82) is 0 Å². The number of hydrogen-bond acceptors (Lipinski definition) is 5. The highest BCUT2D eigenvalue weighted by Gasteiger charge is 2.23. The van der Waals surface area contributed by atoms with E-state index >= 15 is 0 Å². The van der Waals surface area contributed by atoms with E-state index < -0.39 is 5.97 Å². The van der Waals surface area contributed by atoms with E-state index in [0.717, 1.165) is 52.3 Å². The molecule has 0 spiro atoms. The molecule has 1 aromatic heterocycles. The first-order chi connectivity index (χ1) is 15.0. The molecule has 2 heterocycles. The Balaban J connectivity index is 1.79. The van der Waals surface area contributed by atoms with Gasteiger partial charge in [0.1, 0.15) is 0 Å². The molecule has 1 unspecified atom stereocenters. The van der Waals surface area contributed by atoms with Crippen LogP contribution in [0.3, 0.4) is 0 Å². The summed E-state index contributed by atoms with van der Waals surface area (Å²) in [4.78, 5) is 11.4. The van der Waals surface area contributed by atoms with Crippen LogP contribution >= 0.6 is 0 Å². The van der Waals surface area contributed by atoms with Gasteiger partial charge in [-0.2, -0.15) is 5.10 Å². The number of nitrogens with zero attached hydrogens (tertiary/aromatic N) is 2. The quantitative estimate of drug-likeness (QED) is 0.504. The molecule has 160 valence electrons. The molecule has 0 amide bonds. The van der Waals surface area contributed by atoms with E-state index in [-0.39, 0.29) is 11.6 Å². The normalized spacial score (nSPS) is 17.2. The van der Waals surface area contributed by atoms with Crippen molar-refractivity contribution in [2.75, 3.05) is 18.9 Å². The first-order valence-corrected chi connectivity index (χ1v) is 10.3. The van der Waals surface area contributed by atoms with Gasteiger partial charge in [0.25, 0.3) is 0 Å². The van der Waals surface area contributed by atoms with E-state index in [9.17, 15) is 9.90 Å². The van der Waals surface area contributed by atoms with E-state index in [0.29, 0.717) is 0 Å². The highest BCUT2D eigenvalue weighted by atomic mass is 16.4. The van der Waals surface area contributed by atoms with E-state index in [1.807, 2.05) is 32.6 Å². The van der Waals surface area contributed by atoms with Crippen molar-refractivity contribution in [2.45, 2.75) is 19.4 Å². The fourth-order valence-electron chi connectivity index (χ4n) is 3.97. The van der Waals surface area contributed by atoms with Crippen LogP contribution in [-0.4, -0.2) is 34.4 Å². The van der Waals surface area contributed by atoms with E-state index in [1.165, 1.54) is 0 Å². The van der Waals surface area contributed by atoms with Crippen LogP contribution in [-0.2, 0) is 7.05 Å². The fraction of sp³-hybridized carbons (Fsp3) is 0.250. The molecule has 7 nitrogen and oxygen atoms in total. The lowest BCUT2D eigenvalue weighted by molar-refractivity contribution is 0.0697. The Kier molecular flexibility index (Phi) is 5.66. The van der Waals surface area contributed by atoms with Crippen LogP contribution < -0.4 is 16.0 Å². The van der Waals surface area contributed by atoms with Crippen LogP contribution in [0.1, 0.15) is 40.9 Å². The molecule has 0 saturated carbocycles. The molecule has 4 N–H and O–H groups in total. The minimum Gasteiger partial charge on any atom is -0.478 e. The molecular weight excluding hydrogens is 390 g/mol. The van der Waals surface area contributed by atoms with Gasteiger partial charge < -0.3 is 21.1 Å². The summed E-state index contributed by atoms with van der Waals surface area (Å²) in [5.74, 6) is -0.930. The maximum absolute atomic E-state index is 11.4. The molecule has 7 heteroatoms. The summed E-state index contributed by atoms with van der Waals surface area (Å²) in [5.41, 5.74) is 7.67. The van der Waals surface area contributed by atoms with Crippen molar-refractivity contribution in [1.82, 2.24) is 20.4 Å². The predicted molar refractivity (Wildman–Crippen MR) is 123 cm³/mol. The molecule has 1 atom stereocenters. The first kappa shape index (κ1) is 20.5. The Morgan fingerprint density at radius 2 is 2.06 bits per heavy atom. The Bertz CT molecular complexity index is 1150. The van der Waals surface area contributed by atoms with E-state index in [2.05, 4.69) is 46.2 Å². The van der Waals surface area contributed by atoms with Gasteiger partial charge in [-0.1, -0.05) is 18.2 Å². The summed E-state index contributed by atoms with van der Waals surface area (Å²) < 4.78 is 1.80. The Morgan fingerprint density at radius 3 is 2.77 bits per heavy atom. The number of carbonyl (C=O) groups is 1. The number of aryl methyl sites for hydroxylation is 1. The van der Waals surface area contributed by atoms with Crippen molar-refractivity contribution in [3.05, 3.63) is 77.2 Å². The Labute approximate surface area is 181 Å². The minimum atomic E-state index is -0.930. The third-order valence-corrected chi connectivity index (χ3v) is 5.67. The number of hydrogen-bond donors (Lipinski definition) is 4. The molecule has 1 aliphatic heterocycles. The van der Waals surface area contributed by atoms with Crippen LogP contribution in [0.5, 0.6) is 0 Å². The van der Waals surface area contributed by atoms with E-state index in [1.54, 1.807) is 22.9 Å². The molecule has 4 rings (SSSR count). The highest BCUT2D eigenvalue weighted by molar-refractivity contribution is 5.88. The molecule has 0 radical (unpaired) electrons. The van der Waals surface area contributed by atoms with Gasteiger partial charge in [0.2, 0.25) is 0 Å². The highest BCUT2D eigenvalue weighted by Crippen LogP contribution is 2.35. The molecule has 1 aliphatic rings.